The van der Waals surface area contributed by atoms with Gasteiger partial charge in [-0.05, 0) is 44.0 Å². The van der Waals surface area contributed by atoms with Crippen molar-refractivity contribution < 1.29 is 4.74 Å². The first-order valence-electron chi connectivity index (χ1n) is 7.09. The lowest BCUT2D eigenvalue weighted by atomic mass is 10.1. The molecule has 0 aliphatic heterocycles. The molecule has 2 N–H and O–H groups in total. The van der Waals surface area contributed by atoms with Gasteiger partial charge in [0.05, 0.1) is 11.8 Å². The van der Waals surface area contributed by atoms with Crippen molar-refractivity contribution in [2.45, 2.75) is 39.7 Å². The van der Waals surface area contributed by atoms with Crippen LogP contribution in [0.25, 0.3) is 0 Å². The first-order valence-corrected chi connectivity index (χ1v) is 7.09. The molecule has 21 heavy (non-hydrogen) atoms. The van der Waals surface area contributed by atoms with Gasteiger partial charge >= 0.3 is 0 Å². The van der Waals surface area contributed by atoms with Crippen LogP contribution in [-0.4, -0.2) is 16.1 Å². The van der Waals surface area contributed by atoms with Gasteiger partial charge in [0.15, 0.2) is 0 Å². The summed E-state index contributed by atoms with van der Waals surface area (Å²) in [4.78, 5) is 18.7. The van der Waals surface area contributed by atoms with Crippen molar-refractivity contribution in [3.63, 3.8) is 0 Å². The van der Waals surface area contributed by atoms with E-state index in [1.807, 2.05) is 52.0 Å². The maximum absolute atomic E-state index is 11.6. The van der Waals surface area contributed by atoms with Crippen molar-refractivity contribution in [1.29, 1.82) is 0 Å². The van der Waals surface area contributed by atoms with Crippen LogP contribution in [-0.2, 0) is 0 Å². The highest BCUT2D eigenvalue weighted by atomic mass is 16.5. The van der Waals surface area contributed by atoms with Crippen LogP contribution in [0.1, 0.15) is 39.3 Å². The van der Waals surface area contributed by atoms with Gasteiger partial charge < -0.3 is 10.1 Å². The van der Waals surface area contributed by atoms with Gasteiger partial charge in [-0.2, -0.15) is 0 Å². The number of hydrogen-bond donors (Lipinski definition) is 2. The first-order chi connectivity index (χ1) is 9.94. The van der Waals surface area contributed by atoms with Crippen LogP contribution in [0.4, 0.5) is 11.6 Å². The molecule has 1 aromatic heterocycles. The normalized spacial score (nSPS) is 11.0. The summed E-state index contributed by atoms with van der Waals surface area (Å²) in [6.45, 7) is 7.98. The summed E-state index contributed by atoms with van der Waals surface area (Å²) in [6.07, 6.45) is 0.143. The average Bonchev–Trinajstić information content (AvgIpc) is 2.39. The van der Waals surface area contributed by atoms with Crippen molar-refractivity contribution >= 4 is 11.6 Å². The molecule has 0 amide bonds. The fourth-order valence-corrected chi connectivity index (χ4v) is 1.86. The molecular weight excluding hydrogens is 266 g/mol. The van der Waals surface area contributed by atoms with Crippen LogP contribution >= 0.6 is 0 Å². The van der Waals surface area contributed by atoms with E-state index < -0.39 is 0 Å². The quantitative estimate of drug-likeness (QED) is 0.884. The molecule has 0 fully saturated rings. The van der Waals surface area contributed by atoms with Gasteiger partial charge in [0, 0.05) is 11.8 Å². The molecule has 0 atom stereocenters. The zero-order valence-corrected chi connectivity index (χ0v) is 12.8. The topological polar surface area (TPSA) is 67.0 Å². The van der Waals surface area contributed by atoms with Crippen LogP contribution in [0.15, 0.2) is 35.1 Å². The lowest BCUT2D eigenvalue weighted by molar-refractivity contribution is 0.242. The summed E-state index contributed by atoms with van der Waals surface area (Å²) in [5.41, 5.74) is 1.45. The van der Waals surface area contributed by atoms with Crippen LogP contribution in [0.5, 0.6) is 5.75 Å². The summed E-state index contributed by atoms with van der Waals surface area (Å²) >= 11 is 0. The Bertz CT molecular complexity index is 645. The number of hydrogen-bond acceptors (Lipinski definition) is 4. The Kier molecular flexibility index (Phi) is 4.62. The van der Waals surface area contributed by atoms with Crippen LogP contribution in [0.3, 0.4) is 0 Å². The van der Waals surface area contributed by atoms with Crippen molar-refractivity contribution in [3.8, 4) is 5.75 Å². The van der Waals surface area contributed by atoms with Crippen molar-refractivity contribution in [2.75, 3.05) is 5.32 Å². The summed E-state index contributed by atoms with van der Waals surface area (Å²) in [6, 6.07) is 9.06. The average molecular weight is 287 g/mol. The van der Waals surface area contributed by atoms with Gasteiger partial charge in [0.25, 0.3) is 5.56 Å². The molecule has 5 nitrogen and oxygen atoms in total. The number of aromatic amines is 1. The number of benzene rings is 1. The second-order valence-corrected chi connectivity index (χ2v) is 5.49. The molecule has 1 aromatic carbocycles. The summed E-state index contributed by atoms with van der Waals surface area (Å²) in [5.74, 6) is 1.46. The van der Waals surface area contributed by atoms with Crippen molar-refractivity contribution in [3.05, 3.63) is 46.4 Å². The van der Waals surface area contributed by atoms with E-state index in [0.29, 0.717) is 5.95 Å². The Morgan fingerprint density at radius 3 is 2.38 bits per heavy atom. The molecule has 0 bridgehead atoms. The minimum Gasteiger partial charge on any atom is -0.491 e. The molecular formula is C16H21N3O2. The number of H-pyrrole nitrogens is 1. The molecule has 112 valence electrons. The Labute approximate surface area is 124 Å². The number of anilines is 2. The van der Waals surface area contributed by atoms with E-state index in [-0.39, 0.29) is 17.6 Å². The highest BCUT2D eigenvalue weighted by molar-refractivity contribution is 5.54. The zero-order chi connectivity index (χ0) is 15.4. The van der Waals surface area contributed by atoms with Crippen molar-refractivity contribution in [2.24, 2.45) is 0 Å². The zero-order valence-electron chi connectivity index (χ0n) is 12.8. The van der Waals surface area contributed by atoms with Gasteiger partial charge in [0.2, 0.25) is 5.95 Å². The number of ether oxygens (including phenoxy) is 1. The van der Waals surface area contributed by atoms with E-state index in [1.54, 1.807) is 0 Å². The molecule has 2 aromatic rings. The highest BCUT2D eigenvalue weighted by Crippen LogP contribution is 2.19. The maximum Gasteiger partial charge on any atom is 0.252 e. The van der Waals surface area contributed by atoms with Gasteiger partial charge in [-0.15, -0.1) is 0 Å². The van der Waals surface area contributed by atoms with Gasteiger partial charge in [-0.3, -0.25) is 9.78 Å². The second kappa shape index (κ2) is 6.43. The second-order valence-electron chi connectivity index (χ2n) is 5.49. The maximum atomic E-state index is 11.6. The number of rotatable bonds is 5. The molecule has 5 heteroatoms. The molecule has 0 spiro atoms. The summed E-state index contributed by atoms with van der Waals surface area (Å²) < 4.78 is 5.59. The number of nitrogens with zero attached hydrogens (tertiary/aromatic N) is 1. The fourth-order valence-electron chi connectivity index (χ4n) is 1.86. The fraction of sp³-hybridized carbons (Fsp3) is 0.375. The molecule has 0 aliphatic rings. The number of nitrogens with one attached hydrogen (secondary N) is 2. The minimum absolute atomic E-state index is 0.143. The van der Waals surface area contributed by atoms with E-state index in [0.717, 1.165) is 17.1 Å². The molecule has 0 radical (unpaired) electrons. The van der Waals surface area contributed by atoms with Gasteiger partial charge in [-0.25, -0.2) is 4.98 Å². The lowest BCUT2D eigenvalue weighted by Crippen LogP contribution is -2.12. The van der Waals surface area contributed by atoms with Gasteiger partial charge in [0.1, 0.15) is 5.75 Å². The third kappa shape index (κ3) is 4.34. The van der Waals surface area contributed by atoms with E-state index in [1.165, 1.54) is 6.07 Å². The molecule has 1 heterocycles. The predicted molar refractivity (Wildman–Crippen MR) is 84.4 cm³/mol. The molecule has 2 rings (SSSR count). The SMILES string of the molecule is CC(C)Oc1ccc(Nc2nc(C(C)C)cc(=O)[nH]2)cc1. The lowest BCUT2D eigenvalue weighted by Gasteiger charge is -2.11. The van der Waals surface area contributed by atoms with E-state index in [2.05, 4.69) is 15.3 Å². The summed E-state index contributed by atoms with van der Waals surface area (Å²) in [5, 5.41) is 3.10. The summed E-state index contributed by atoms with van der Waals surface area (Å²) in [7, 11) is 0. The van der Waals surface area contributed by atoms with E-state index in [9.17, 15) is 4.79 Å². The first kappa shape index (κ1) is 15.1. The molecule has 0 saturated carbocycles. The Morgan fingerprint density at radius 1 is 1.14 bits per heavy atom. The van der Waals surface area contributed by atoms with Crippen LogP contribution in [0.2, 0.25) is 0 Å². The van der Waals surface area contributed by atoms with Crippen LogP contribution < -0.4 is 15.6 Å². The van der Waals surface area contributed by atoms with Crippen LogP contribution in [0, 0.1) is 0 Å². The predicted octanol–water partition coefficient (Wildman–Crippen LogP) is 3.42. The van der Waals surface area contributed by atoms with Gasteiger partial charge in [-0.1, -0.05) is 13.8 Å². The van der Waals surface area contributed by atoms with E-state index >= 15 is 0 Å². The number of aromatic nitrogens is 2. The Balaban J connectivity index is 2.16. The largest absolute Gasteiger partial charge is 0.491 e. The molecule has 0 saturated heterocycles. The van der Waals surface area contributed by atoms with E-state index in [4.69, 9.17) is 4.74 Å². The third-order valence-electron chi connectivity index (χ3n) is 2.84. The minimum atomic E-state index is -0.157. The monoisotopic (exact) mass is 287 g/mol. The molecule has 0 unspecified atom stereocenters. The highest BCUT2D eigenvalue weighted by Gasteiger charge is 2.05. The Hall–Kier alpha value is -2.30. The molecule has 0 aliphatic carbocycles. The standard InChI is InChI=1S/C16H21N3O2/c1-10(2)14-9-15(20)19-16(18-14)17-12-5-7-13(8-6-12)21-11(3)4/h5-11H,1-4H3,(H2,17,18,19,20). The van der Waals surface area contributed by atoms with Crippen molar-refractivity contribution in [1.82, 2.24) is 9.97 Å². The Morgan fingerprint density at radius 2 is 1.81 bits per heavy atom. The third-order valence-corrected chi connectivity index (χ3v) is 2.84. The smallest absolute Gasteiger partial charge is 0.252 e.